The highest BCUT2D eigenvalue weighted by Crippen LogP contribution is 2.56. The maximum absolute atomic E-state index is 12.8. The van der Waals surface area contributed by atoms with Gasteiger partial charge in [0.25, 0.3) is 0 Å². The van der Waals surface area contributed by atoms with Crippen molar-refractivity contribution in [1.29, 1.82) is 0 Å². The van der Waals surface area contributed by atoms with E-state index in [-0.39, 0.29) is 41.0 Å². The number of ether oxygens (including phenoxy) is 1. The van der Waals surface area contributed by atoms with Crippen LogP contribution in [0.5, 0.6) is 11.5 Å². The molecule has 2 aliphatic heterocycles. The minimum absolute atomic E-state index is 0.0103. The molecule has 6 atom stereocenters. The fourth-order valence-electron chi connectivity index (χ4n) is 5.71. The molecule has 9 heteroatoms. The zero-order valence-electron chi connectivity index (χ0n) is 16.0. The molecule has 2 aliphatic carbocycles. The maximum Gasteiger partial charge on any atom is 0.231 e. The summed E-state index contributed by atoms with van der Waals surface area (Å²) in [6.45, 7) is 0. The van der Waals surface area contributed by atoms with E-state index in [1.54, 1.807) is 12.1 Å². The van der Waals surface area contributed by atoms with Gasteiger partial charge in [0, 0.05) is 5.92 Å². The van der Waals surface area contributed by atoms with Gasteiger partial charge in [0.15, 0.2) is 11.5 Å². The smallest absolute Gasteiger partial charge is 0.231 e. The average Bonchev–Trinajstić information content (AvgIpc) is 3.17. The number of hydrogen-bond acceptors (Lipinski definition) is 6. The molecule has 2 heterocycles. The van der Waals surface area contributed by atoms with Gasteiger partial charge in [0.1, 0.15) is 0 Å². The summed E-state index contributed by atoms with van der Waals surface area (Å²) < 4.78 is 5.87. The first-order chi connectivity index (χ1) is 14.3. The molecule has 4 aliphatic rings. The standard InChI is InChI=1S/C21H19IN2O6/c1-30-13-5-7(4-12(22)17(13)25)14-8-2-3-9-15(20(28)23-18(9)26)10(8)6-11-16(14)21(29)24-19(11)27/h2,4-5,9-11,14-16,25H,3,6H2,1H3,(H,23,26,28)(H,24,27,29). The number of halogens is 1. The van der Waals surface area contributed by atoms with Crippen LogP contribution in [0.1, 0.15) is 24.3 Å². The summed E-state index contributed by atoms with van der Waals surface area (Å²) in [5.41, 5.74) is 1.66. The second kappa shape index (κ2) is 6.79. The molecule has 6 unspecified atom stereocenters. The number of rotatable bonds is 2. The van der Waals surface area contributed by atoms with Crippen molar-refractivity contribution in [3.63, 3.8) is 0 Å². The van der Waals surface area contributed by atoms with Crippen LogP contribution >= 0.6 is 22.6 Å². The number of carbonyl (C=O) groups excluding carboxylic acids is 4. The zero-order chi connectivity index (χ0) is 21.3. The van der Waals surface area contributed by atoms with Crippen molar-refractivity contribution >= 4 is 46.2 Å². The van der Waals surface area contributed by atoms with Crippen LogP contribution < -0.4 is 15.4 Å². The number of carbonyl (C=O) groups is 4. The number of amides is 4. The summed E-state index contributed by atoms with van der Waals surface area (Å²) in [7, 11) is 1.45. The van der Waals surface area contributed by atoms with Gasteiger partial charge >= 0.3 is 0 Å². The van der Waals surface area contributed by atoms with Crippen LogP contribution in [0, 0.1) is 33.2 Å². The Hall–Kier alpha value is -2.43. The Morgan fingerprint density at radius 1 is 0.967 bits per heavy atom. The lowest BCUT2D eigenvalue weighted by Crippen LogP contribution is -2.42. The molecule has 8 nitrogen and oxygen atoms in total. The van der Waals surface area contributed by atoms with Crippen LogP contribution in [-0.4, -0.2) is 35.8 Å². The first-order valence-corrected chi connectivity index (χ1v) is 10.9. The molecule has 0 aromatic heterocycles. The van der Waals surface area contributed by atoms with E-state index in [9.17, 15) is 24.3 Å². The molecule has 0 spiro atoms. The van der Waals surface area contributed by atoms with Crippen LogP contribution in [0.4, 0.5) is 0 Å². The van der Waals surface area contributed by atoms with Crippen LogP contribution in [0.15, 0.2) is 23.8 Å². The van der Waals surface area contributed by atoms with Crippen molar-refractivity contribution in [2.75, 3.05) is 7.11 Å². The third-order valence-electron chi connectivity index (χ3n) is 6.96. The van der Waals surface area contributed by atoms with E-state index in [0.717, 1.165) is 11.1 Å². The summed E-state index contributed by atoms with van der Waals surface area (Å²) >= 11 is 2.00. The largest absolute Gasteiger partial charge is 0.504 e. The molecule has 0 radical (unpaired) electrons. The lowest BCUT2D eigenvalue weighted by Gasteiger charge is -2.44. The Kier molecular flexibility index (Phi) is 4.42. The molecule has 1 aromatic rings. The number of methoxy groups -OCH3 is 1. The summed E-state index contributed by atoms with van der Waals surface area (Å²) in [4.78, 5) is 50.1. The van der Waals surface area contributed by atoms with E-state index >= 15 is 0 Å². The second-order valence-corrected chi connectivity index (χ2v) is 9.45. The number of hydrogen-bond donors (Lipinski definition) is 3. The molecule has 1 aromatic carbocycles. The molecule has 5 rings (SSSR count). The van der Waals surface area contributed by atoms with Gasteiger partial charge < -0.3 is 9.84 Å². The first-order valence-electron chi connectivity index (χ1n) is 9.77. The Morgan fingerprint density at radius 3 is 2.33 bits per heavy atom. The predicted molar refractivity (Wildman–Crippen MR) is 111 cm³/mol. The van der Waals surface area contributed by atoms with E-state index in [2.05, 4.69) is 10.6 Å². The Balaban J connectivity index is 1.68. The molecule has 30 heavy (non-hydrogen) atoms. The molecule has 4 amide bonds. The van der Waals surface area contributed by atoms with Crippen molar-refractivity contribution < 1.29 is 29.0 Å². The first kappa shape index (κ1) is 19.5. The normalized spacial score (nSPS) is 34.5. The molecular formula is C21H19IN2O6. The summed E-state index contributed by atoms with van der Waals surface area (Å²) in [5, 5.41) is 15.1. The minimum atomic E-state index is -0.596. The van der Waals surface area contributed by atoms with Crippen molar-refractivity contribution in [2.24, 2.45) is 29.6 Å². The van der Waals surface area contributed by atoms with E-state index < -0.39 is 29.6 Å². The van der Waals surface area contributed by atoms with Gasteiger partial charge in [-0.1, -0.05) is 11.6 Å². The van der Waals surface area contributed by atoms with Crippen molar-refractivity contribution in [3.05, 3.63) is 32.9 Å². The van der Waals surface area contributed by atoms with Gasteiger partial charge in [-0.15, -0.1) is 0 Å². The molecule has 3 fully saturated rings. The van der Waals surface area contributed by atoms with Crippen LogP contribution in [0.25, 0.3) is 0 Å². The van der Waals surface area contributed by atoms with Gasteiger partial charge in [-0.25, -0.2) is 0 Å². The van der Waals surface area contributed by atoms with Crippen molar-refractivity contribution in [2.45, 2.75) is 18.8 Å². The van der Waals surface area contributed by atoms with Crippen molar-refractivity contribution in [3.8, 4) is 11.5 Å². The van der Waals surface area contributed by atoms with E-state index in [4.69, 9.17) is 4.74 Å². The number of fused-ring (bicyclic) bond motifs is 4. The number of phenols is 1. The molecule has 0 bridgehead atoms. The zero-order valence-corrected chi connectivity index (χ0v) is 18.1. The highest BCUT2D eigenvalue weighted by molar-refractivity contribution is 14.1. The highest BCUT2D eigenvalue weighted by Gasteiger charge is 2.58. The lowest BCUT2D eigenvalue weighted by molar-refractivity contribution is -0.128. The fourth-order valence-corrected chi connectivity index (χ4v) is 6.34. The summed E-state index contributed by atoms with van der Waals surface area (Å²) in [6, 6.07) is 3.47. The quantitative estimate of drug-likeness (QED) is 0.305. The Bertz CT molecular complexity index is 1050. The number of phenolic OH excluding ortho intramolecular Hbond substituents is 1. The van der Waals surface area contributed by atoms with Gasteiger partial charge in [0.05, 0.1) is 34.4 Å². The van der Waals surface area contributed by atoms with Gasteiger partial charge in [0.2, 0.25) is 23.6 Å². The van der Waals surface area contributed by atoms with Gasteiger partial charge in [-0.3, -0.25) is 29.8 Å². The number of aromatic hydroxyl groups is 1. The third kappa shape index (κ3) is 2.63. The van der Waals surface area contributed by atoms with Crippen LogP contribution in [0.3, 0.4) is 0 Å². The molecule has 1 saturated carbocycles. The van der Waals surface area contributed by atoms with E-state index in [1.165, 1.54) is 7.11 Å². The van der Waals surface area contributed by atoms with E-state index in [0.29, 0.717) is 16.4 Å². The Labute approximate surface area is 185 Å². The lowest BCUT2D eigenvalue weighted by atomic mass is 9.57. The topological polar surface area (TPSA) is 122 Å². The van der Waals surface area contributed by atoms with Crippen LogP contribution in [0.2, 0.25) is 0 Å². The highest BCUT2D eigenvalue weighted by atomic mass is 127. The fraction of sp³-hybridized carbons (Fsp3) is 0.429. The number of benzene rings is 1. The SMILES string of the molecule is COc1cc(C2C3=CCC4C(=O)NC(=O)C4C3CC3C(=O)NC(=O)C32)cc(I)c1O. The van der Waals surface area contributed by atoms with Crippen LogP contribution in [-0.2, 0) is 19.2 Å². The Morgan fingerprint density at radius 2 is 1.63 bits per heavy atom. The number of allylic oxidation sites excluding steroid dienone is 2. The summed E-state index contributed by atoms with van der Waals surface area (Å²) in [6.07, 6.45) is 2.75. The molecule has 3 N–H and O–H groups in total. The number of imide groups is 2. The maximum atomic E-state index is 12.8. The minimum Gasteiger partial charge on any atom is -0.504 e. The summed E-state index contributed by atoms with van der Waals surface area (Å²) in [5.74, 6) is -3.80. The predicted octanol–water partition coefficient (Wildman–Crippen LogP) is 1.22. The third-order valence-corrected chi connectivity index (χ3v) is 7.79. The molecule has 156 valence electrons. The monoisotopic (exact) mass is 522 g/mol. The van der Waals surface area contributed by atoms with E-state index in [1.807, 2.05) is 28.7 Å². The average molecular weight is 522 g/mol. The van der Waals surface area contributed by atoms with Gasteiger partial charge in [-0.2, -0.15) is 0 Å². The second-order valence-electron chi connectivity index (χ2n) is 8.28. The number of nitrogens with one attached hydrogen (secondary N) is 2. The molecule has 2 saturated heterocycles. The van der Waals surface area contributed by atoms with Crippen molar-refractivity contribution in [1.82, 2.24) is 10.6 Å². The van der Waals surface area contributed by atoms with Gasteiger partial charge in [-0.05, 0) is 59.0 Å². The molecular weight excluding hydrogens is 503 g/mol.